The van der Waals surface area contributed by atoms with E-state index in [1.54, 1.807) is 11.8 Å². The highest BCUT2D eigenvalue weighted by molar-refractivity contribution is 5.68. The summed E-state index contributed by atoms with van der Waals surface area (Å²) in [5.74, 6) is 0. The van der Waals surface area contributed by atoms with E-state index in [4.69, 9.17) is 4.74 Å². The van der Waals surface area contributed by atoms with Gasteiger partial charge in [-0.2, -0.15) is 0 Å². The largest absolute Gasteiger partial charge is 0.444 e. The third-order valence-corrected chi connectivity index (χ3v) is 3.46. The number of ether oxygens (including phenoxy) is 1. The Morgan fingerprint density at radius 3 is 2.32 bits per heavy atom. The van der Waals surface area contributed by atoms with Crippen LogP contribution in [0.25, 0.3) is 0 Å². The molecule has 19 heavy (non-hydrogen) atoms. The molecule has 2 unspecified atom stereocenters. The molecule has 0 saturated carbocycles. The van der Waals surface area contributed by atoms with E-state index < -0.39 is 5.60 Å². The van der Waals surface area contributed by atoms with Gasteiger partial charge in [-0.3, -0.25) is 4.90 Å². The Morgan fingerprint density at radius 1 is 1.16 bits per heavy atom. The first-order valence-electron chi connectivity index (χ1n) is 7.11. The lowest BCUT2D eigenvalue weighted by molar-refractivity contribution is 0.0247. The Balaban J connectivity index is 2.52. The predicted octanol–water partition coefficient (Wildman–Crippen LogP) is 1.70. The number of aliphatic hydroxyl groups excluding tert-OH is 1. The van der Waals surface area contributed by atoms with Gasteiger partial charge in [0.25, 0.3) is 0 Å². The molecule has 0 radical (unpaired) electrons. The maximum atomic E-state index is 12.0. The van der Waals surface area contributed by atoms with Crippen molar-refractivity contribution in [2.45, 2.75) is 58.8 Å². The van der Waals surface area contributed by atoms with Gasteiger partial charge in [0.05, 0.1) is 6.10 Å². The second kappa shape index (κ2) is 6.57. The van der Waals surface area contributed by atoms with Crippen LogP contribution in [-0.2, 0) is 4.74 Å². The number of carbonyl (C=O) groups excluding carboxylic acids is 1. The molecule has 1 heterocycles. The van der Waals surface area contributed by atoms with E-state index in [1.165, 1.54) is 0 Å². The van der Waals surface area contributed by atoms with Crippen LogP contribution in [-0.4, -0.2) is 64.9 Å². The Labute approximate surface area is 116 Å². The zero-order valence-corrected chi connectivity index (χ0v) is 12.8. The first-order chi connectivity index (χ1) is 8.70. The van der Waals surface area contributed by atoms with Crippen molar-refractivity contribution in [3.8, 4) is 0 Å². The average Bonchev–Trinajstić information content (AvgIpc) is 2.50. The van der Waals surface area contributed by atoms with Gasteiger partial charge in [0, 0.05) is 32.2 Å². The molecule has 1 N–H and O–H groups in total. The van der Waals surface area contributed by atoms with Crippen LogP contribution in [0, 0.1) is 0 Å². The number of carbonyl (C=O) groups is 1. The number of rotatable bonds is 2. The van der Waals surface area contributed by atoms with Gasteiger partial charge in [-0.05, 0) is 41.0 Å². The van der Waals surface area contributed by atoms with Gasteiger partial charge >= 0.3 is 6.09 Å². The van der Waals surface area contributed by atoms with Gasteiger partial charge < -0.3 is 14.7 Å². The molecule has 2 atom stereocenters. The van der Waals surface area contributed by atoms with Crippen LogP contribution in [0.3, 0.4) is 0 Å². The monoisotopic (exact) mass is 272 g/mol. The van der Waals surface area contributed by atoms with Gasteiger partial charge in [0.2, 0.25) is 0 Å². The van der Waals surface area contributed by atoms with Crippen LogP contribution in [0.1, 0.15) is 41.0 Å². The number of amides is 1. The van der Waals surface area contributed by atoms with Crippen LogP contribution in [0.15, 0.2) is 0 Å². The number of hydrogen-bond acceptors (Lipinski definition) is 4. The van der Waals surface area contributed by atoms with Crippen molar-refractivity contribution in [3.63, 3.8) is 0 Å². The fourth-order valence-electron chi connectivity index (χ4n) is 2.16. The Bertz CT molecular complexity index is 300. The van der Waals surface area contributed by atoms with Crippen LogP contribution >= 0.6 is 0 Å². The van der Waals surface area contributed by atoms with Gasteiger partial charge in [-0.25, -0.2) is 4.79 Å². The highest BCUT2D eigenvalue weighted by atomic mass is 16.6. The van der Waals surface area contributed by atoms with Crippen molar-refractivity contribution in [1.29, 1.82) is 0 Å². The standard InChI is InChI=1S/C14H28N2O3/c1-11(12(2)17)15-7-6-8-16(10-9-15)13(18)19-14(3,4)5/h11-12,17H,6-10H2,1-5H3. The minimum Gasteiger partial charge on any atom is -0.444 e. The Kier molecular flexibility index (Phi) is 5.62. The first-order valence-corrected chi connectivity index (χ1v) is 7.11. The summed E-state index contributed by atoms with van der Waals surface area (Å²) < 4.78 is 5.39. The lowest BCUT2D eigenvalue weighted by atomic mass is 10.2. The van der Waals surface area contributed by atoms with Crippen molar-refractivity contribution < 1.29 is 14.6 Å². The van der Waals surface area contributed by atoms with Crippen LogP contribution < -0.4 is 0 Å². The fraction of sp³-hybridized carbons (Fsp3) is 0.929. The van der Waals surface area contributed by atoms with E-state index in [0.717, 1.165) is 26.1 Å². The van der Waals surface area contributed by atoms with Crippen molar-refractivity contribution in [3.05, 3.63) is 0 Å². The van der Waals surface area contributed by atoms with Gasteiger partial charge in [0.15, 0.2) is 0 Å². The van der Waals surface area contributed by atoms with Crippen LogP contribution in [0.2, 0.25) is 0 Å². The molecular weight excluding hydrogens is 244 g/mol. The minimum atomic E-state index is -0.448. The zero-order chi connectivity index (χ0) is 14.6. The van der Waals surface area contributed by atoms with Gasteiger partial charge in [-0.15, -0.1) is 0 Å². The molecule has 0 aromatic carbocycles. The molecule has 1 saturated heterocycles. The molecule has 0 spiro atoms. The number of aliphatic hydroxyl groups is 1. The zero-order valence-electron chi connectivity index (χ0n) is 12.8. The third-order valence-electron chi connectivity index (χ3n) is 3.46. The quantitative estimate of drug-likeness (QED) is 0.831. The minimum absolute atomic E-state index is 0.124. The first kappa shape index (κ1) is 16.2. The molecule has 1 amide bonds. The summed E-state index contributed by atoms with van der Waals surface area (Å²) >= 11 is 0. The maximum absolute atomic E-state index is 12.0. The maximum Gasteiger partial charge on any atom is 0.410 e. The molecule has 1 aliphatic heterocycles. The molecular formula is C14H28N2O3. The normalized spacial score (nSPS) is 21.7. The summed E-state index contributed by atoms with van der Waals surface area (Å²) in [7, 11) is 0. The third kappa shape index (κ3) is 5.37. The lowest BCUT2D eigenvalue weighted by Gasteiger charge is -2.30. The Hall–Kier alpha value is -0.810. The smallest absolute Gasteiger partial charge is 0.410 e. The van der Waals surface area contributed by atoms with Crippen LogP contribution in [0.4, 0.5) is 4.79 Å². The summed E-state index contributed by atoms with van der Waals surface area (Å²) in [6.07, 6.45) is 0.322. The van der Waals surface area contributed by atoms with E-state index in [-0.39, 0.29) is 18.2 Å². The number of hydrogen-bond donors (Lipinski definition) is 1. The average molecular weight is 272 g/mol. The molecule has 1 aliphatic rings. The molecule has 0 aromatic heterocycles. The van der Waals surface area contributed by atoms with Gasteiger partial charge in [-0.1, -0.05) is 0 Å². The summed E-state index contributed by atoms with van der Waals surface area (Å²) in [5, 5.41) is 9.65. The van der Waals surface area contributed by atoms with E-state index in [1.807, 2.05) is 27.7 Å². The van der Waals surface area contributed by atoms with E-state index >= 15 is 0 Å². The van der Waals surface area contributed by atoms with Crippen molar-refractivity contribution in [1.82, 2.24) is 9.80 Å². The molecule has 5 nitrogen and oxygen atoms in total. The second-order valence-corrected chi connectivity index (χ2v) is 6.34. The number of nitrogens with zero attached hydrogens (tertiary/aromatic N) is 2. The molecule has 0 bridgehead atoms. The van der Waals surface area contributed by atoms with Crippen molar-refractivity contribution >= 4 is 6.09 Å². The van der Waals surface area contributed by atoms with Gasteiger partial charge in [0.1, 0.15) is 5.60 Å². The SMILES string of the molecule is CC(O)C(C)N1CCCN(C(=O)OC(C)(C)C)CC1. The highest BCUT2D eigenvalue weighted by Gasteiger charge is 2.26. The summed E-state index contributed by atoms with van der Waals surface area (Å²) in [6, 6.07) is 0.124. The predicted molar refractivity (Wildman–Crippen MR) is 75.1 cm³/mol. The van der Waals surface area contributed by atoms with Crippen molar-refractivity contribution in [2.75, 3.05) is 26.2 Å². The molecule has 0 aliphatic carbocycles. The second-order valence-electron chi connectivity index (χ2n) is 6.34. The van der Waals surface area contributed by atoms with Crippen molar-refractivity contribution in [2.24, 2.45) is 0 Å². The molecule has 112 valence electrons. The summed E-state index contributed by atoms with van der Waals surface area (Å²) in [4.78, 5) is 16.0. The van der Waals surface area contributed by atoms with Crippen LogP contribution in [0.5, 0.6) is 0 Å². The molecule has 1 rings (SSSR count). The Morgan fingerprint density at radius 2 is 1.79 bits per heavy atom. The topological polar surface area (TPSA) is 53.0 Å². The van der Waals surface area contributed by atoms with E-state index in [9.17, 15) is 9.90 Å². The highest BCUT2D eigenvalue weighted by Crippen LogP contribution is 2.14. The molecule has 5 heteroatoms. The van der Waals surface area contributed by atoms with E-state index in [0.29, 0.717) is 6.54 Å². The lowest BCUT2D eigenvalue weighted by Crippen LogP contribution is -2.43. The van der Waals surface area contributed by atoms with E-state index in [2.05, 4.69) is 4.90 Å². The summed E-state index contributed by atoms with van der Waals surface area (Å²) in [5.41, 5.74) is -0.448. The molecule has 1 fully saturated rings. The molecule has 0 aromatic rings. The fourth-order valence-corrected chi connectivity index (χ4v) is 2.16. The summed E-state index contributed by atoms with van der Waals surface area (Å²) in [6.45, 7) is 12.5.